The minimum absolute atomic E-state index is 0.0414. The van der Waals surface area contributed by atoms with Crippen molar-refractivity contribution in [2.24, 2.45) is 0 Å². The summed E-state index contributed by atoms with van der Waals surface area (Å²) in [5.74, 6) is 0.782. The number of alkyl halides is 3. The molecule has 3 nitrogen and oxygen atoms in total. The molecule has 4 aromatic rings. The topological polar surface area (TPSA) is 27.1 Å². The Morgan fingerprint density at radius 3 is 2.48 bits per heavy atom. The maximum absolute atomic E-state index is 13.0. The Bertz CT molecular complexity index is 1160. The van der Waals surface area contributed by atoms with Crippen LogP contribution in [0.25, 0.3) is 27.8 Å². The molecule has 0 atom stereocenters. The number of nitrogens with zero attached hydrogens (tertiary/aromatic N) is 2. The van der Waals surface area contributed by atoms with Gasteiger partial charge in [-0.25, -0.2) is 4.98 Å². The van der Waals surface area contributed by atoms with Gasteiger partial charge in [0.25, 0.3) is 0 Å². The standard InChI is InChI=1S/C23H19F3N2O/c1-15(2)29-22-9-4-3-8-19(22)16-6-5-7-18(12-16)28-14-27-20-13-17(23(24,25)26)10-11-21(20)28/h3-15H,1-2H3. The molecular weight excluding hydrogens is 377 g/mol. The molecule has 3 aromatic carbocycles. The third-order valence-electron chi connectivity index (χ3n) is 4.56. The van der Waals surface area contributed by atoms with Crippen LogP contribution in [0.1, 0.15) is 19.4 Å². The van der Waals surface area contributed by atoms with Gasteiger partial charge in [0.2, 0.25) is 0 Å². The molecule has 0 saturated heterocycles. The molecule has 0 radical (unpaired) electrons. The highest BCUT2D eigenvalue weighted by molar-refractivity contribution is 5.79. The molecule has 0 unspecified atom stereocenters. The lowest BCUT2D eigenvalue weighted by Crippen LogP contribution is -2.06. The fourth-order valence-corrected chi connectivity index (χ4v) is 3.28. The van der Waals surface area contributed by atoms with Crippen molar-refractivity contribution in [1.29, 1.82) is 0 Å². The third kappa shape index (κ3) is 3.83. The van der Waals surface area contributed by atoms with E-state index in [1.165, 1.54) is 6.07 Å². The van der Waals surface area contributed by atoms with Gasteiger partial charge in [-0.1, -0.05) is 30.3 Å². The maximum Gasteiger partial charge on any atom is 0.416 e. The first-order valence-corrected chi connectivity index (χ1v) is 9.24. The minimum Gasteiger partial charge on any atom is -0.490 e. The van der Waals surface area contributed by atoms with Crippen LogP contribution in [0.2, 0.25) is 0 Å². The van der Waals surface area contributed by atoms with Crippen LogP contribution < -0.4 is 4.74 Å². The summed E-state index contributed by atoms with van der Waals surface area (Å²) in [6, 6.07) is 19.1. The number of para-hydroxylation sites is 1. The number of ether oxygens (including phenoxy) is 1. The number of halogens is 3. The van der Waals surface area contributed by atoms with Gasteiger partial charge in [0.15, 0.2) is 0 Å². The molecule has 148 valence electrons. The fraction of sp³-hybridized carbons (Fsp3) is 0.174. The summed E-state index contributed by atoms with van der Waals surface area (Å²) in [4.78, 5) is 4.17. The smallest absolute Gasteiger partial charge is 0.416 e. The van der Waals surface area contributed by atoms with Crippen LogP contribution in [0, 0.1) is 0 Å². The average Bonchev–Trinajstić information content (AvgIpc) is 3.11. The molecule has 4 rings (SSSR count). The van der Waals surface area contributed by atoms with Crippen molar-refractivity contribution >= 4 is 11.0 Å². The predicted octanol–water partition coefficient (Wildman–Crippen LogP) is 6.50. The Morgan fingerprint density at radius 1 is 0.931 bits per heavy atom. The Labute approximate surface area is 166 Å². The summed E-state index contributed by atoms with van der Waals surface area (Å²) >= 11 is 0. The second-order valence-corrected chi connectivity index (χ2v) is 7.03. The number of hydrogen-bond donors (Lipinski definition) is 0. The summed E-state index contributed by atoms with van der Waals surface area (Å²) < 4.78 is 46.6. The van der Waals surface area contributed by atoms with Crippen molar-refractivity contribution in [3.05, 3.63) is 78.6 Å². The van der Waals surface area contributed by atoms with E-state index in [4.69, 9.17) is 4.74 Å². The van der Waals surface area contributed by atoms with E-state index < -0.39 is 11.7 Å². The SMILES string of the molecule is CC(C)Oc1ccccc1-c1cccc(-n2cnc3cc(C(F)(F)F)ccc32)c1. The van der Waals surface area contributed by atoms with E-state index in [1.807, 2.05) is 62.4 Å². The highest BCUT2D eigenvalue weighted by Crippen LogP contribution is 2.34. The average molecular weight is 396 g/mol. The van der Waals surface area contributed by atoms with E-state index in [2.05, 4.69) is 4.98 Å². The van der Waals surface area contributed by atoms with Crippen LogP contribution in [0.4, 0.5) is 13.2 Å². The van der Waals surface area contributed by atoms with Gasteiger partial charge in [-0.3, -0.25) is 4.57 Å². The molecule has 1 heterocycles. The molecule has 0 saturated carbocycles. The lowest BCUT2D eigenvalue weighted by atomic mass is 10.0. The Hall–Kier alpha value is -3.28. The Balaban J connectivity index is 1.77. The molecule has 0 bridgehead atoms. The number of imidazole rings is 1. The largest absolute Gasteiger partial charge is 0.490 e. The number of aromatic nitrogens is 2. The van der Waals surface area contributed by atoms with Gasteiger partial charge in [-0.05, 0) is 55.8 Å². The van der Waals surface area contributed by atoms with Gasteiger partial charge < -0.3 is 4.74 Å². The summed E-state index contributed by atoms with van der Waals surface area (Å²) in [6.07, 6.45) is -2.81. The van der Waals surface area contributed by atoms with Crippen LogP contribution in [0.15, 0.2) is 73.1 Å². The molecule has 0 aliphatic rings. The van der Waals surface area contributed by atoms with Crippen molar-refractivity contribution in [3.63, 3.8) is 0 Å². The number of fused-ring (bicyclic) bond motifs is 1. The van der Waals surface area contributed by atoms with Crippen LogP contribution in [0.3, 0.4) is 0 Å². The minimum atomic E-state index is -4.39. The quantitative estimate of drug-likeness (QED) is 0.394. The first-order chi connectivity index (χ1) is 13.8. The van der Waals surface area contributed by atoms with E-state index in [0.29, 0.717) is 11.0 Å². The monoisotopic (exact) mass is 396 g/mol. The van der Waals surface area contributed by atoms with Gasteiger partial charge in [0.05, 0.1) is 22.7 Å². The second kappa shape index (κ2) is 7.28. The second-order valence-electron chi connectivity index (χ2n) is 7.03. The Morgan fingerprint density at radius 2 is 1.72 bits per heavy atom. The fourth-order valence-electron chi connectivity index (χ4n) is 3.28. The van der Waals surface area contributed by atoms with Gasteiger partial charge in [0.1, 0.15) is 12.1 Å². The molecular formula is C23H19F3N2O. The van der Waals surface area contributed by atoms with Crippen LogP contribution in [-0.2, 0) is 6.18 Å². The van der Waals surface area contributed by atoms with Gasteiger partial charge in [-0.15, -0.1) is 0 Å². The molecule has 0 amide bonds. The molecule has 0 N–H and O–H groups in total. The first kappa shape index (κ1) is 19.1. The van der Waals surface area contributed by atoms with Crippen LogP contribution in [0.5, 0.6) is 5.75 Å². The van der Waals surface area contributed by atoms with E-state index in [1.54, 1.807) is 10.9 Å². The zero-order valence-corrected chi connectivity index (χ0v) is 15.9. The lowest BCUT2D eigenvalue weighted by molar-refractivity contribution is -0.137. The first-order valence-electron chi connectivity index (χ1n) is 9.24. The molecule has 0 aliphatic heterocycles. The van der Waals surface area contributed by atoms with Crippen molar-refractivity contribution in [2.45, 2.75) is 26.1 Å². The molecule has 0 fully saturated rings. The molecule has 1 aromatic heterocycles. The lowest BCUT2D eigenvalue weighted by Gasteiger charge is -2.15. The molecule has 0 aliphatic carbocycles. The third-order valence-corrected chi connectivity index (χ3v) is 4.56. The van der Waals surface area contributed by atoms with Gasteiger partial charge in [0, 0.05) is 11.3 Å². The highest BCUT2D eigenvalue weighted by Gasteiger charge is 2.30. The van der Waals surface area contributed by atoms with Crippen LogP contribution in [-0.4, -0.2) is 15.7 Å². The van der Waals surface area contributed by atoms with Crippen molar-refractivity contribution in [1.82, 2.24) is 9.55 Å². The zero-order valence-electron chi connectivity index (χ0n) is 15.9. The Kier molecular flexibility index (Phi) is 4.78. The predicted molar refractivity (Wildman–Crippen MR) is 107 cm³/mol. The number of benzene rings is 3. The van der Waals surface area contributed by atoms with Gasteiger partial charge >= 0.3 is 6.18 Å². The van der Waals surface area contributed by atoms with Crippen molar-refractivity contribution in [3.8, 4) is 22.6 Å². The number of hydrogen-bond acceptors (Lipinski definition) is 2. The van der Waals surface area contributed by atoms with Gasteiger partial charge in [-0.2, -0.15) is 13.2 Å². The highest BCUT2D eigenvalue weighted by atomic mass is 19.4. The van der Waals surface area contributed by atoms with E-state index in [9.17, 15) is 13.2 Å². The summed E-state index contributed by atoms with van der Waals surface area (Å²) in [5.41, 5.74) is 2.92. The van der Waals surface area contributed by atoms with E-state index >= 15 is 0 Å². The molecule has 0 spiro atoms. The zero-order chi connectivity index (χ0) is 20.6. The van der Waals surface area contributed by atoms with Crippen LogP contribution >= 0.6 is 0 Å². The summed E-state index contributed by atoms with van der Waals surface area (Å²) in [6.45, 7) is 3.94. The normalized spacial score (nSPS) is 11.9. The summed E-state index contributed by atoms with van der Waals surface area (Å²) in [5, 5.41) is 0. The molecule has 6 heteroatoms. The maximum atomic E-state index is 13.0. The van der Waals surface area contributed by atoms with E-state index in [0.717, 1.165) is 34.7 Å². The van der Waals surface area contributed by atoms with Crippen molar-refractivity contribution < 1.29 is 17.9 Å². The summed E-state index contributed by atoms with van der Waals surface area (Å²) in [7, 11) is 0. The van der Waals surface area contributed by atoms with E-state index in [-0.39, 0.29) is 6.10 Å². The van der Waals surface area contributed by atoms with Crippen molar-refractivity contribution in [2.75, 3.05) is 0 Å². The number of rotatable bonds is 4. The molecule has 29 heavy (non-hydrogen) atoms.